The average molecular weight is 368 g/mol. The van der Waals surface area contributed by atoms with Gasteiger partial charge in [-0.1, -0.05) is 12.1 Å². The van der Waals surface area contributed by atoms with Gasteiger partial charge in [0.05, 0.1) is 17.7 Å². The maximum absolute atomic E-state index is 12.3. The second-order valence-electron chi connectivity index (χ2n) is 6.48. The number of fused-ring (bicyclic) bond motifs is 1. The maximum atomic E-state index is 12.3. The summed E-state index contributed by atoms with van der Waals surface area (Å²) in [6, 6.07) is 6.67. The Bertz CT molecular complexity index is 922. The van der Waals surface area contributed by atoms with Crippen molar-refractivity contribution in [3.8, 4) is 0 Å². The third kappa shape index (κ3) is 3.28. The number of hydrogen-bond donors (Lipinski definition) is 1. The van der Waals surface area contributed by atoms with E-state index >= 15 is 0 Å². The van der Waals surface area contributed by atoms with Crippen LogP contribution in [0.5, 0.6) is 0 Å². The number of nitrogens with one attached hydrogen (secondary N) is 1. The number of benzene rings is 1. The summed E-state index contributed by atoms with van der Waals surface area (Å²) in [6.07, 6.45) is 0.329. The van der Waals surface area contributed by atoms with Crippen molar-refractivity contribution in [1.29, 1.82) is 0 Å². The van der Waals surface area contributed by atoms with Crippen molar-refractivity contribution in [2.45, 2.75) is 27.2 Å². The maximum Gasteiger partial charge on any atom is 0.355 e. The number of carbonyl (C=O) groups excluding carboxylic acids is 4. The highest BCUT2D eigenvalue weighted by Gasteiger charge is 2.34. The first kappa shape index (κ1) is 18.6. The van der Waals surface area contributed by atoms with E-state index in [1.54, 1.807) is 38.1 Å². The number of esters is 1. The Hall–Kier alpha value is -3.22. The number of nitrogens with zero attached hydrogens (tertiary/aromatic N) is 1. The summed E-state index contributed by atoms with van der Waals surface area (Å²) in [5.74, 6) is -1.34. The molecule has 3 rings (SSSR count). The summed E-state index contributed by atoms with van der Waals surface area (Å²) >= 11 is 0. The van der Waals surface area contributed by atoms with Crippen LogP contribution < -0.4 is 0 Å². The third-order valence-electron chi connectivity index (χ3n) is 4.63. The monoisotopic (exact) mass is 368 g/mol. The van der Waals surface area contributed by atoms with Gasteiger partial charge in [0.1, 0.15) is 5.69 Å². The van der Waals surface area contributed by atoms with Gasteiger partial charge in [0.25, 0.3) is 11.8 Å². The number of aromatic amines is 1. The molecule has 0 saturated heterocycles. The molecule has 2 heterocycles. The Balaban J connectivity index is 1.57. The highest BCUT2D eigenvalue weighted by Crippen LogP contribution is 2.23. The Morgan fingerprint density at radius 2 is 1.67 bits per heavy atom. The summed E-state index contributed by atoms with van der Waals surface area (Å²) in [6.45, 7) is 5.08. The fraction of sp³-hybridized carbons (Fsp3) is 0.300. The van der Waals surface area contributed by atoms with Gasteiger partial charge in [-0.05, 0) is 44.9 Å². The predicted octanol–water partition coefficient (Wildman–Crippen LogP) is 2.68. The SMILES string of the molecule is CC(=O)c1c(C)[nH]c(C(=O)OCCCN2C(=O)c3ccccc3C2=O)c1C. The van der Waals surface area contributed by atoms with Crippen molar-refractivity contribution in [2.24, 2.45) is 0 Å². The molecule has 0 saturated carbocycles. The molecule has 1 aromatic heterocycles. The summed E-state index contributed by atoms with van der Waals surface area (Å²) in [7, 11) is 0. The fourth-order valence-electron chi connectivity index (χ4n) is 3.38. The van der Waals surface area contributed by atoms with Gasteiger partial charge >= 0.3 is 5.97 Å². The van der Waals surface area contributed by atoms with Crippen LogP contribution in [0, 0.1) is 13.8 Å². The molecule has 1 N–H and O–H groups in total. The quantitative estimate of drug-likeness (QED) is 0.366. The van der Waals surface area contributed by atoms with Gasteiger partial charge in [-0.2, -0.15) is 0 Å². The van der Waals surface area contributed by atoms with Crippen LogP contribution in [0.2, 0.25) is 0 Å². The van der Waals surface area contributed by atoms with Crippen molar-refractivity contribution in [2.75, 3.05) is 13.2 Å². The molecule has 1 aromatic carbocycles. The lowest BCUT2D eigenvalue weighted by atomic mass is 10.1. The van der Waals surface area contributed by atoms with Gasteiger partial charge in [-0.25, -0.2) is 4.79 Å². The topological polar surface area (TPSA) is 96.5 Å². The van der Waals surface area contributed by atoms with Gasteiger partial charge in [-0.15, -0.1) is 0 Å². The van der Waals surface area contributed by atoms with E-state index in [0.717, 1.165) is 4.90 Å². The van der Waals surface area contributed by atoms with Crippen LogP contribution in [0.25, 0.3) is 0 Å². The molecule has 0 unspecified atom stereocenters. The van der Waals surface area contributed by atoms with Crippen molar-refractivity contribution in [1.82, 2.24) is 9.88 Å². The normalized spacial score (nSPS) is 13.1. The molecule has 7 heteroatoms. The van der Waals surface area contributed by atoms with E-state index in [1.165, 1.54) is 6.92 Å². The molecule has 1 aliphatic heterocycles. The molecule has 7 nitrogen and oxygen atoms in total. The first-order valence-corrected chi connectivity index (χ1v) is 8.65. The standard InChI is InChI=1S/C20H20N2O5/c1-11-16(13(3)23)12(2)21-17(11)20(26)27-10-6-9-22-18(24)14-7-4-5-8-15(14)19(22)25/h4-5,7-8,21H,6,9-10H2,1-3H3. The van der Waals surface area contributed by atoms with Crippen LogP contribution in [0.15, 0.2) is 24.3 Å². The van der Waals surface area contributed by atoms with E-state index < -0.39 is 5.97 Å². The second-order valence-corrected chi connectivity index (χ2v) is 6.48. The van der Waals surface area contributed by atoms with Crippen LogP contribution in [-0.2, 0) is 4.74 Å². The number of hydrogen-bond acceptors (Lipinski definition) is 5. The Kier molecular flexibility index (Phi) is 4.94. The van der Waals surface area contributed by atoms with Crippen LogP contribution in [-0.4, -0.2) is 46.6 Å². The van der Waals surface area contributed by atoms with Gasteiger partial charge in [0.2, 0.25) is 0 Å². The smallest absolute Gasteiger partial charge is 0.355 e. The van der Waals surface area contributed by atoms with Crippen molar-refractivity contribution in [3.05, 3.63) is 57.9 Å². The number of amides is 2. The highest BCUT2D eigenvalue weighted by atomic mass is 16.5. The van der Waals surface area contributed by atoms with Crippen LogP contribution in [0.1, 0.15) is 66.2 Å². The zero-order chi connectivity index (χ0) is 19.7. The van der Waals surface area contributed by atoms with E-state index in [0.29, 0.717) is 34.4 Å². The predicted molar refractivity (Wildman–Crippen MR) is 97.0 cm³/mol. The molecule has 27 heavy (non-hydrogen) atoms. The molecule has 0 aliphatic carbocycles. The minimum atomic E-state index is -0.564. The average Bonchev–Trinajstić information content (AvgIpc) is 3.06. The van der Waals surface area contributed by atoms with Crippen molar-refractivity contribution >= 4 is 23.6 Å². The lowest BCUT2D eigenvalue weighted by Crippen LogP contribution is -2.31. The second kappa shape index (κ2) is 7.19. The molecular weight excluding hydrogens is 348 g/mol. The summed E-state index contributed by atoms with van der Waals surface area (Å²) in [5.41, 5.74) is 2.72. The third-order valence-corrected chi connectivity index (χ3v) is 4.63. The lowest BCUT2D eigenvalue weighted by molar-refractivity contribution is 0.0476. The summed E-state index contributed by atoms with van der Waals surface area (Å²) in [4.78, 5) is 52.5. The lowest BCUT2D eigenvalue weighted by Gasteiger charge is -2.13. The number of ketones is 1. The fourth-order valence-corrected chi connectivity index (χ4v) is 3.38. The zero-order valence-electron chi connectivity index (χ0n) is 15.4. The highest BCUT2D eigenvalue weighted by molar-refractivity contribution is 6.21. The molecule has 1 aliphatic rings. The number of carbonyl (C=O) groups is 4. The molecule has 2 amide bonds. The first-order chi connectivity index (χ1) is 12.8. The molecule has 0 fully saturated rings. The van der Waals surface area contributed by atoms with Crippen molar-refractivity contribution in [3.63, 3.8) is 0 Å². The summed E-state index contributed by atoms with van der Waals surface area (Å²) < 4.78 is 5.23. The minimum Gasteiger partial charge on any atom is -0.461 e. The number of aryl methyl sites for hydroxylation is 1. The molecule has 0 radical (unpaired) electrons. The van der Waals surface area contributed by atoms with Crippen LogP contribution in [0.4, 0.5) is 0 Å². The van der Waals surface area contributed by atoms with Gasteiger partial charge in [-0.3, -0.25) is 19.3 Å². The Morgan fingerprint density at radius 3 is 2.19 bits per heavy atom. The van der Waals surface area contributed by atoms with Gasteiger partial charge in [0, 0.05) is 17.8 Å². The van der Waals surface area contributed by atoms with E-state index in [1.807, 2.05) is 0 Å². The number of rotatable bonds is 6. The number of aromatic nitrogens is 1. The van der Waals surface area contributed by atoms with E-state index in [2.05, 4.69) is 4.98 Å². The molecule has 0 spiro atoms. The van der Waals surface area contributed by atoms with E-state index in [-0.39, 0.29) is 36.4 Å². The van der Waals surface area contributed by atoms with Crippen LogP contribution in [0.3, 0.4) is 0 Å². The molecule has 2 aromatic rings. The first-order valence-electron chi connectivity index (χ1n) is 8.65. The van der Waals surface area contributed by atoms with Gasteiger partial charge in [0.15, 0.2) is 5.78 Å². The Labute approximate surface area is 156 Å². The summed E-state index contributed by atoms with van der Waals surface area (Å²) in [5, 5.41) is 0. The molecular formula is C20H20N2O5. The Morgan fingerprint density at radius 1 is 1.07 bits per heavy atom. The number of ether oxygens (including phenoxy) is 1. The number of imide groups is 1. The molecule has 140 valence electrons. The van der Waals surface area contributed by atoms with Crippen molar-refractivity contribution < 1.29 is 23.9 Å². The largest absolute Gasteiger partial charge is 0.461 e. The molecule has 0 bridgehead atoms. The van der Waals surface area contributed by atoms with Crippen LogP contribution >= 0.6 is 0 Å². The zero-order valence-corrected chi connectivity index (χ0v) is 15.4. The minimum absolute atomic E-state index is 0.0547. The number of H-pyrrole nitrogens is 1. The van der Waals surface area contributed by atoms with E-state index in [4.69, 9.17) is 4.74 Å². The van der Waals surface area contributed by atoms with Gasteiger partial charge < -0.3 is 9.72 Å². The molecule has 0 atom stereocenters. The number of Topliss-reactive ketones (excluding diaryl/α,β-unsaturated/α-hetero) is 1. The van der Waals surface area contributed by atoms with E-state index in [9.17, 15) is 19.2 Å².